The number of nitrogens with one attached hydrogen (secondary N) is 1. The van der Waals surface area contributed by atoms with E-state index >= 15 is 0 Å². The minimum absolute atomic E-state index is 0.405. The molecule has 0 radical (unpaired) electrons. The van der Waals surface area contributed by atoms with E-state index in [1.165, 1.54) is 0 Å². The SMILES string of the molecule is CCc1cc(Br)ccc1NS(=O)(=O)CCCC(F)(F)F. The van der Waals surface area contributed by atoms with Crippen LogP contribution in [0.4, 0.5) is 18.9 Å². The van der Waals surface area contributed by atoms with Crippen LogP contribution >= 0.6 is 15.9 Å². The maximum Gasteiger partial charge on any atom is 0.389 e. The van der Waals surface area contributed by atoms with Gasteiger partial charge in [0, 0.05) is 10.9 Å². The van der Waals surface area contributed by atoms with E-state index < -0.39 is 34.8 Å². The van der Waals surface area contributed by atoms with Crippen molar-refractivity contribution in [2.75, 3.05) is 10.5 Å². The summed E-state index contributed by atoms with van der Waals surface area (Å²) in [4.78, 5) is 0. The number of anilines is 1. The molecule has 0 saturated carbocycles. The van der Waals surface area contributed by atoms with Crippen molar-refractivity contribution in [3.63, 3.8) is 0 Å². The predicted molar refractivity (Wildman–Crippen MR) is 76.2 cm³/mol. The number of benzene rings is 1. The van der Waals surface area contributed by atoms with Crippen LogP contribution in [0.2, 0.25) is 0 Å². The molecule has 0 aliphatic carbocycles. The maximum atomic E-state index is 12.0. The van der Waals surface area contributed by atoms with Crippen LogP contribution in [-0.2, 0) is 16.4 Å². The van der Waals surface area contributed by atoms with Crippen LogP contribution in [-0.4, -0.2) is 20.3 Å². The Labute approximate surface area is 124 Å². The second kappa shape index (κ2) is 6.80. The molecule has 0 aliphatic rings. The van der Waals surface area contributed by atoms with Gasteiger partial charge in [-0.25, -0.2) is 8.42 Å². The Morgan fingerprint density at radius 2 is 1.95 bits per heavy atom. The van der Waals surface area contributed by atoms with Crippen molar-refractivity contribution in [2.24, 2.45) is 0 Å². The zero-order valence-electron chi connectivity index (χ0n) is 10.8. The van der Waals surface area contributed by atoms with Crippen molar-refractivity contribution < 1.29 is 21.6 Å². The van der Waals surface area contributed by atoms with Crippen LogP contribution in [0.1, 0.15) is 25.3 Å². The smallest absolute Gasteiger partial charge is 0.283 e. The summed E-state index contributed by atoms with van der Waals surface area (Å²) in [6.07, 6.45) is -5.27. The van der Waals surface area contributed by atoms with E-state index in [4.69, 9.17) is 0 Å². The van der Waals surface area contributed by atoms with Gasteiger partial charge in [-0.05, 0) is 36.6 Å². The number of sulfonamides is 1. The first-order chi connectivity index (χ1) is 9.13. The lowest BCUT2D eigenvalue weighted by Crippen LogP contribution is -2.19. The summed E-state index contributed by atoms with van der Waals surface area (Å²) in [5.74, 6) is -0.550. The molecule has 1 rings (SSSR count). The Hall–Kier alpha value is -0.760. The van der Waals surface area contributed by atoms with Crippen molar-refractivity contribution >= 4 is 31.6 Å². The van der Waals surface area contributed by atoms with Crippen LogP contribution < -0.4 is 4.72 Å². The molecule has 0 spiro atoms. The van der Waals surface area contributed by atoms with Gasteiger partial charge in [-0.15, -0.1) is 0 Å². The van der Waals surface area contributed by atoms with Gasteiger partial charge in [-0.2, -0.15) is 13.2 Å². The van der Waals surface area contributed by atoms with Crippen molar-refractivity contribution in [2.45, 2.75) is 32.4 Å². The standard InChI is InChI=1S/C12H15BrF3NO2S/c1-2-9-8-10(13)4-5-11(9)17-20(18,19)7-3-6-12(14,15)16/h4-5,8,17H,2-3,6-7H2,1H3. The van der Waals surface area contributed by atoms with Gasteiger partial charge in [0.25, 0.3) is 0 Å². The van der Waals surface area contributed by atoms with Gasteiger partial charge in [0.1, 0.15) is 0 Å². The largest absolute Gasteiger partial charge is 0.389 e. The average molecular weight is 374 g/mol. The quantitative estimate of drug-likeness (QED) is 0.815. The van der Waals surface area contributed by atoms with Gasteiger partial charge in [0.2, 0.25) is 10.0 Å². The fourth-order valence-corrected chi connectivity index (χ4v) is 3.20. The van der Waals surface area contributed by atoms with Crippen LogP contribution in [0.15, 0.2) is 22.7 Å². The normalized spacial score (nSPS) is 12.4. The summed E-state index contributed by atoms with van der Waals surface area (Å²) >= 11 is 3.28. The molecule has 0 bridgehead atoms. The molecule has 0 unspecified atom stereocenters. The number of rotatable bonds is 6. The third-order valence-corrected chi connectivity index (χ3v) is 4.44. The highest BCUT2D eigenvalue weighted by Crippen LogP contribution is 2.24. The van der Waals surface area contributed by atoms with Crippen molar-refractivity contribution in [3.8, 4) is 0 Å². The average Bonchev–Trinajstić information content (AvgIpc) is 2.29. The Morgan fingerprint density at radius 3 is 2.50 bits per heavy atom. The Bertz CT molecular complexity index is 558. The third-order valence-electron chi connectivity index (χ3n) is 2.59. The van der Waals surface area contributed by atoms with Crippen molar-refractivity contribution in [3.05, 3.63) is 28.2 Å². The minimum Gasteiger partial charge on any atom is -0.283 e. The van der Waals surface area contributed by atoms with Crippen LogP contribution in [0.3, 0.4) is 0 Å². The molecular weight excluding hydrogens is 359 g/mol. The molecule has 1 aromatic rings. The van der Waals surface area contributed by atoms with E-state index in [1.54, 1.807) is 18.2 Å². The van der Waals surface area contributed by atoms with Crippen molar-refractivity contribution in [1.82, 2.24) is 0 Å². The molecule has 0 fully saturated rings. The first-order valence-corrected chi connectivity index (χ1v) is 8.43. The molecule has 20 heavy (non-hydrogen) atoms. The lowest BCUT2D eigenvalue weighted by molar-refractivity contribution is -0.134. The number of aryl methyl sites for hydroxylation is 1. The maximum absolute atomic E-state index is 12.0. The Kier molecular flexibility index (Phi) is 5.88. The summed E-state index contributed by atoms with van der Waals surface area (Å²) in [5.41, 5.74) is 1.18. The molecule has 0 saturated heterocycles. The van der Waals surface area contributed by atoms with E-state index in [0.717, 1.165) is 10.0 Å². The van der Waals surface area contributed by atoms with E-state index in [2.05, 4.69) is 20.7 Å². The van der Waals surface area contributed by atoms with Crippen LogP contribution in [0.25, 0.3) is 0 Å². The molecule has 114 valence electrons. The fourth-order valence-electron chi connectivity index (χ4n) is 1.64. The molecule has 0 aromatic heterocycles. The predicted octanol–water partition coefficient (Wildman–Crippen LogP) is 4.10. The zero-order chi connectivity index (χ0) is 15.4. The highest BCUT2D eigenvalue weighted by atomic mass is 79.9. The molecule has 1 aromatic carbocycles. The van der Waals surface area contributed by atoms with E-state index in [0.29, 0.717) is 12.1 Å². The summed E-state index contributed by atoms with van der Waals surface area (Å²) in [7, 11) is -3.77. The van der Waals surface area contributed by atoms with Gasteiger partial charge in [0.05, 0.1) is 11.4 Å². The minimum atomic E-state index is -4.33. The van der Waals surface area contributed by atoms with E-state index in [9.17, 15) is 21.6 Å². The lowest BCUT2D eigenvalue weighted by Gasteiger charge is -2.12. The lowest BCUT2D eigenvalue weighted by atomic mass is 10.1. The molecule has 0 atom stereocenters. The zero-order valence-corrected chi connectivity index (χ0v) is 13.2. The second-order valence-corrected chi connectivity index (χ2v) is 7.05. The first-order valence-electron chi connectivity index (χ1n) is 5.98. The third kappa shape index (κ3) is 6.13. The number of hydrogen-bond acceptors (Lipinski definition) is 2. The van der Waals surface area contributed by atoms with E-state index in [-0.39, 0.29) is 0 Å². The molecular formula is C12H15BrF3NO2S. The molecule has 0 amide bonds. The fraction of sp³-hybridized carbons (Fsp3) is 0.500. The van der Waals surface area contributed by atoms with Crippen LogP contribution in [0.5, 0.6) is 0 Å². The molecule has 8 heteroatoms. The number of halogens is 4. The van der Waals surface area contributed by atoms with Gasteiger partial charge in [-0.3, -0.25) is 4.72 Å². The number of hydrogen-bond donors (Lipinski definition) is 1. The van der Waals surface area contributed by atoms with Gasteiger partial charge in [0.15, 0.2) is 0 Å². The van der Waals surface area contributed by atoms with Gasteiger partial charge >= 0.3 is 6.18 Å². The molecule has 1 N–H and O–H groups in total. The monoisotopic (exact) mass is 373 g/mol. The molecule has 0 heterocycles. The molecule has 0 aliphatic heterocycles. The topological polar surface area (TPSA) is 46.2 Å². The highest BCUT2D eigenvalue weighted by molar-refractivity contribution is 9.10. The van der Waals surface area contributed by atoms with Gasteiger partial charge < -0.3 is 0 Å². The summed E-state index contributed by atoms with van der Waals surface area (Å²) in [6, 6.07) is 5.03. The summed E-state index contributed by atoms with van der Waals surface area (Å²) in [6.45, 7) is 1.86. The summed E-state index contributed by atoms with van der Waals surface area (Å²) < 4.78 is 62.6. The molecule has 3 nitrogen and oxygen atoms in total. The van der Waals surface area contributed by atoms with Crippen molar-refractivity contribution in [1.29, 1.82) is 0 Å². The van der Waals surface area contributed by atoms with Crippen LogP contribution in [0, 0.1) is 0 Å². The highest BCUT2D eigenvalue weighted by Gasteiger charge is 2.27. The Balaban J connectivity index is 2.71. The van der Waals surface area contributed by atoms with E-state index in [1.807, 2.05) is 6.92 Å². The van der Waals surface area contributed by atoms with Gasteiger partial charge in [-0.1, -0.05) is 22.9 Å². The number of alkyl halides is 3. The Morgan fingerprint density at radius 1 is 1.30 bits per heavy atom. The first kappa shape index (κ1) is 17.3. The summed E-state index contributed by atoms with van der Waals surface area (Å²) in [5, 5.41) is 0. The second-order valence-electron chi connectivity index (χ2n) is 4.29.